The summed E-state index contributed by atoms with van der Waals surface area (Å²) < 4.78 is 7.12. The van der Waals surface area contributed by atoms with Gasteiger partial charge in [-0.3, -0.25) is 4.79 Å². The summed E-state index contributed by atoms with van der Waals surface area (Å²) in [7, 11) is 0. The third kappa shape index (κ3) is 3.75. The second-order valence-corrected chi connectivity index (χ2v) is 8.64. The van der Waals surface area contributed by atoms with Crippen molar-refractivity contribution in [2.45, 2.75) is 41.0 Å². The standard InChI is InChI=1S/C26H25N5O2/c1-14-7-6-8-19-17(4)11-23(28-26(14)19)31-24(12-18(5)29-31)27-25(32)13-21-20-9-15(2)16(3)10-22(20)33-30-21/h6-12H,13H2,1-5H3,(H,27,32). The van der Waals surface area contributed by atoms with Gasteiger partial charge in [-0.25, -0.2) is 4.98 Å². The zero-order valence-corrected chi connectivity index (χ0v) is 19.4. The van der Waals surface area contributed by atoms with Gasteiger partial charge in [0, 0.05) is 16.8 Å². The molecular weight excluding hydrogens is 414 g/mol. The molecule has 0 radical (unpaired) electrons. The summed E-state index contributed by atoms with van der Waals surface area (Å²) in [6.07, 6.45) is 0.100. The zero-order valence-electron chi connectivity index (χ0n) is 19.4. The molecule has 0 aliphatic carbocycles. The van der Waals surface area contributed by atoms with Crippen LogP contribution in [0.3, 0.4) is 0 Å². The fraction of sp³-hybridized carbons (Fsp3) is 0.231. The minimum Gasteiger partial charge on any atom is -0.356 e. The second-order valence-electron chi connectivity index (χ2n) is 8.64. The molecule has 5 aromatic rings. The number of hydrogen-bond acceptors (Lipinski definition) is 5. The van der Waals surface area contributed by atoms with Gasteiger partial charge in [0.15, 0.2) is 11.4 Å². The number of pyridine rings is 1. The van der Waals surface area contributed by atoms with Crippen molar-refractivity contribution in [3.05, 3.63) is 76.1 Å². The van der Waals surface area contributed by atoms with Crippen molar-refractivity contribution in [1.29, 1.82) is 0 Å². The van der Waals surface area contributed by atoms with Crippen LogP contribution in [0, 0.1) is 34.6 Å². The summed E-state index contributed by atoms with van der Waals surface area (Å²) in [4.78, 5) is 17.8. The van der Waals surface area contributed by atoms with E-state index in [1.807, 2.05) is 64.1 Å². The highest BCUT2D eigenvalue weighted by Crippen LogP contribution is 2.26. The van der Waals surface area contributed by atoms with Crippen LogP contribution < -0.4 is 5.32 Å². The van der Waals surface area contributed by atoms with Crippen LogP contribution in [0.25, 0.3) is 27.7 Å². The van der Waals surface area contributed by atoms with E-state index in [0.717, 1.165) is 44.2 Å². The number of benzene rings is 2. The second kappa shape index (κ2) is 7.85. The maximum atomic E-state index is 12.9. The normalized spacial score (nSPS) is 11.4. The lowest BCUT2D eigenvalue weighted by Gasteiger charge is -2.11. The van der Waals surface area contributed by atoms with Gasteiger partial charge < -0.3 is 9.84 Å². The van der Waals surface area contributed by atoms with Crippen molar-refractivity contribution >= 4 is 33.6 Å². The van der Waals surface area contributed by atoms with Gasteiger partial charge >= 0.3 is 0 Å². The van der Waals surface area contributed by atoms with Crippen molar-refractivity contribution < 1.29 is 9.32 Å². The summed E-state index contributed by atoms with van der Waals surface area (Å²) in [5.41, 5.74) is 7.47. The molecule has 1 amide bonds. The molecule has 0 fully saturated rings. The first-order valence-electron chi connectivity index (χ1n) is 10.9. The Morgan fingerprint density at radius 2 is 1.73 bits per heavy atom. The van der Waals surface area contributed by atoms with Crippen LogP contribution in [-0.4, -0.2) is 25.8 Å². The van der Waals surface area contributed by atoms with E-state index < -0.39 is 0 Å². The summed E-state index contributed by atoms with van der Waals surface area (Å²) in [6.45, 7) is 10.0. The first-order chi connectivity index (χ1) is 15.8. The smallest absolute Gasteiger partial charge is 0.231 e. The number of anilines is 1. The van der Waals surface area contributed by atoms with Crippen LogP contribution in [0.5, 0.6) is 0 Å². The number of hydrogen-bond donors (Lipinski definition) is 1. The number of nitrogens with zero attached hydrogens (tertiary/aromatic N) is 4. The molecule has 0 unspecified atom stereocenters. The van der Waals surface area contributed by atoms with Crippen LogP contribution in [0.2, 0.25) is 0 Å². The molecule has 33 heavy (non-hydrogen) atoms. The van der Waals surface area contributed by atoms with Gasteiger partial charge in [0.25, 0.3) is 0 Å². The Kier molecular flexibility index (Phi) is 4.96. The molecule has 3 aromatic heterocycles. The maximum absolute atomic E-state index is 12.9. The van der Waals surface area contributed by atoms with Crippen molar-refractivity contribution in [1.82, 2.24) is 19.9 Å². The first kappa shape index (κ1) is 20.9. The predicted octanol–water partition coefficient (Wildman–Crippen LogP) is 5.29. The van der Waals surface area contributed by atoms with E-state index >= 15 is 0 Å². The Labute approximate surface area is 191 Å². The number of carbonyl (C=O) groups excluding carboxylic acids is 1. The van der Waals surface area contributed by atoms with Gasteiger partial charge in [-0.15, -0.1) is 0 Å². The third-order valence-electron chi connectivity index (χ3n) is 6.04. The molecule has 166 valence electrons. The molecule has 3 heterocycles. The Morgan fingerprint density at radius 3 is 2.55 bits per heavy atom. The molecule has 2 aromatic carbocycles. The van der Waals surface area contributed by atoms with E-state index in [9.17, 15) is 4.79 Å². The average molecular weight is 440 g/mol. The van der Waals surface area contributed by atoms with E-state index in [0.29, 0.717) is 22.9 Å². The van der Waals surface area contributed by atoms with E-state index in [4.69, 9.17) is 9.51 Å². The highest BCUT2D eigenvalue weighted by molar-refractivity contribution is 5.94. The molecular formula is C26H25N5O2. The van der Waals surface area contributed by atoms with E-state index in [1.165, 1.54) is 0 Å². The minimum atomic E-state index is -0.196. The molecule has 7 heteroatoms. The average Bonchev–Trinajstić information content (AvgIpc) is 3.32. The highest BCUT2D eigenvalue weighted by atomic mass is 16.5. The zero-order chi connectivity index (χ0) is 23.3. The van der Waals surface area contributed by atoms with E-state index in [2.05, 4.69) is 28.6 Å². The van der Waals surface area contributed by atoms with Gasteiger partial charge in [0.1, 0.15) is 11.5 Å². The van der Waals surface area contributed by atoms with Gasteiger partial charge in [-0.05, 0) is 75.1 Å². The number of aryl methyl sites for hydroxylation is 5. The van der Waals surface area contributed by atoms with Crippen LogP contribution in [0.15, 0.2) is 47.0 Å². The number of carbonyl (C=O) groups is 1. The van der Waals surface area contributed by atoms with E-state index in [1.54, 1.807) is 4.68 Å². The molecule has 0 bridgehead atoms. The predicted molar refractivity (Wildman–Crippen MR) is 129 cm³/mol. The van der Waals surface area contributed by atoms with Gasteiger partial charge in [0.2, 0.25) is 5.91 Å². The molecule has 0 saturated heterocycles. The number of nitrogens with one attached hydrogen (secondary N) is 1. The Hall–Kier alpha value is -4.00. The van der Waals surface area contributed by atoms with Crippen molar-refractivity contribution in [2.75, 3.05) is 5.32 Å². The van der Waals surface area contributed by atoms with Crippen LogP contribution in [0.4, 0.5) is 5.82 Å². The lowest BCUT2D eigenvalue weighted by molar-refractivity contribution is -0.115. The van der Waals surface area contributed by atoms with Crippen molar-refractivity contribution in [2.24, 2.45) is 0 Å². The molecule has 5 rings (SSSR count). The highest BCUT2D eigenvalue weighted by Gasteiger charge is 2.17. The lowest BCUT2D eigenvalue weighted by Crippen LogP contribution is -2.18. The van der Waals surface area contributed by atoms with Crippen molar-refractivity contribution in [3.63, 3.8) is 0 Å². The van der Waals surface area contributed by atoms with Gasteiger partial charge in [0.05, 0.1) is 17.6 Å². The SMILES string of the molecule is Cc1cc(NC(=O)Cc2noc3cc(C)c(C)cc23)n(-c2cc(C)c3cccc(C)c3n2)n1. The first-order valence-corrected chi connectivity index (χ1v) is 10.9. The molecule has 7 nitrogen and oxygen atoms in total. The Morgan fingerprint density at radius 1 is 0.939 bits per heavy atom. The topological polar surface area (TPSA) is 85.8 Å². The Balaban J connectivity index is 1.47. The molecule has 1 N–H and O–H groups in total. The lowest BCUT2D eigenvalue weighted by atomic mass is 10.1. The number of para-hydroxylation sites is 1. The van der Waals surface area contributed by atoms with Crippen LogP contribution in [0.1, 0.15) is 33.6 Å². The number of amides is 1. The Bertz CT molecular complexity index is 1540. The summed E-state index contributed by atoms with van der Waals surface area (Å²) >= 11 is 0. The van der Waals surface area contributed by atoms with Gasteiger partial charge in [-0.1, -0.05) is 23.4 Å². The monoisotopic (exact) mass is 439 g/mol. The summed E-state index contributed by atoms with van der Waals surface area (Å²) in [6, 6.07) is 13.9. The largest absolute Gasteiger partial charge is 0.356 e. The molecule has 0 atom stereocenters. The number of rotatable bonds is 4. The summed E-state index contributed by atoms with van der Waals surface area (Å²) in [5, 5.41) is 13.7. The maximum Gasteiger partial charge on any atom is 0.231 e. The third-order valence-corrected chi connectivity index (χ3v) is 6.04. The number of fused-ring (bicyclic) bond motifs is 2. The van der Waals surface area contributed by atoms with Crippen molar-refractivity contribution in [3.8, 4) is 5.82 Å². The van der Waals surface area contributed by atoms with Crippen LogP contribution in [-0.2, 0) is 11.2 Å². The molecule has 0 aliphatic rings. The quantitative estimate of drug-likeness (QED) is 0.411. The van der Waals surface area contributed by atoms with Crippen LogP contribution >= 0.6 is 0 Å². The molecule has 0 saturated carbocycles. The van der Waals surface area contributed by atoms with Gasteiger partial charge in [-0.2, -0.15) is 9.78 Å². The fourth-order valence-electron chi connectivity index (χ4n) is 4.13. The summed E-state index contributed by atoms with van der Waals surface area (Å²) in [5.74, 6) is 1.03. The number of aromatic nitrogens is 4. The minimum absolute atomic E-state index is 0.100. The van der Waals surface area contributed by atoms with E-state index in [-0.39, 0.29) is 12.3 Å². The fourth-order valence-corrected chi connectivity index (χ4v) is 4.13. The molecule has 0 aliphatic heterocycles. The molecule has 0 spiro atoms.